The van der Waals surface area contributed by atoms with Crippen molar-refractivity contribution in [2.75, 3.05) is 26.2 Å². The van der Waals surface area contributed by atoms with E-state index in [4.69, 9.17) is 21.7 Å². The maximum absolute atomic E-state index is 10.5. The van der Waals surface area contributed by atoms with Crippen LogP contribution in [0.4, 0.5) is 0 Å². The maximum Gasteiger partial charge on any atom is 0.306 e. The zero-order valence-corrected chi connectivity index (χ0v) is 24.4. The molecule has 2 saturated carbocycles. The molecule has 0 bridgehead atoms. The van der Waals surface area contributed by atoms with Crippen LogP contribution in [0.25, 0.3) is 0 Å². The molecular formula is C28H56N4O8. The summed E-state index contributed by atoms with van der Waals surface area (Å²) in [5.74, 6) is -5.27. The lowest BCUT2D eigenvalue weighted by atomic mass is 9.82. The zero-order valence-electron chi connectivity index (χ0n) is 24.4. The summed E-state index contributed by atoms with van der Waals surface area (Å²) in [5.41, 5.74) is 18.1. The lowest BCUT2D eigenvalue weighted by molar-refractivity contribution is -0.371. The van der Waals surface area contributed by atoms with E-state index in [2.05, 4.69) is 11.5 Å². The van der Waals surface area contributed by atoms with Gasteiger partial charge in [-0.05, 0) is 115 Å². The molecule has 2 fully saturated rings. The van der Waals surface area contributed by atoms with Crippen molar-refractivity contribution in [2.45, 2.75) is 103 Å². The van der Waals surface area contributed by atoms with E-state index in [1.165, 1.54) is 38.5 Å². The van der Waals surface area contributed by atoms with Crippen LogP contribution in [-0.4, -0.2) is 60.3 Å². The van der Waals surface area contributed by atoms with E-state index in [0.717, 1.165) is 39.0 Å². The van der Waals surface area contributed by atoms with E-state index in [1.54, 1.807) is 0 Å². The normalized spacial score (nSPS) is 21.7. The number of carboxylic acids is 4. The van der Waals surface area contributed by atoms with Crippen molar-refractivity contribution < 1.29 is 51.1 Å². The average Bonchev–Trinajstić information content (AvgIpc) is 2.94. The molecule has 2 rings (SSSR count). The first-order valence-electron chi connectivity index (χ1n) is 14.9. The van der Waals surface area contributed by atoms with Crippen LogP contribution in [0, 0.1) is 23.7 Å². The first-order chi connectivity index (χ1) is 19.0. The summed E-state index contributed by atoms with van der Waals surface area (Å²) in [4.78, 5) is 41.7. The Bertz CT molecular complexity index is 553. The highest BCUT2D eigenvalue weighted by Gasteiger charge is 2.29. The highest BCUT2D eigenvalue weighted by molar-refractivity contribution is 5.73. The fraction of sp³-hybridized carbons (Fsp3) is 0.857. The summed E-state index contributed by atoms with van der Waals surface area (Å²) in [6, 6.07) is 0. The van der Waals surface area contributed by atoms with Gasteiger partial charge >= 0.3 is 11.9 Å². The molecule has 12 nitrogen and oxygen atoms in total. The number of carbonyl (C=O) groups excluding carboxylic acids is 2. The standard InChI is InChI=1S/2C8H12O4.2C6H16N2/c2*9-7(10)5-1-2-6(4-3-5)8(11)12;2*7-5-3-1-2-4-6-8/h2*5-6H,1-4H2,(H,9,10)(H,11,12);2*1-8H2. The molecule has 0 aromatic heterocycles. The van der Waals surface area contributed by atoms with Gasteiger partial charge < -0.3 is 52.9 Å². The molecule has 0 unspecified atom stereocenters. The predicted molar refractivity (Wildman–Crippen MR) is 147 cm³/mol. The van der Waals surface area contributed by atoms with Crippen molar-refractivity contribution in [3.8, 4) is 0 Å². The number of hydrogen-bond acceptors (Lipinski definition) is 8. The summed E-state index contributed by atoms with van der Waals surface area (Å²) < 4.78 is 0. The molecule has 0 radical (unpaired) electrons. The molecule has 0 aromatic carbocycles. The molecule has 12 N–H and O–H groups in total. The molecule has 0 amide bonds. The van der Waals surface area contributed by atoms with Crippen LogP contribution in [0.5, 0.6) is 0 Å². The summed E-state index contributed by atoms with van der Waals surface area (Å²) >= 11 is 0. The number of carboxylic acid groups (broad SMARTS) is 4. The molecule has 0 atom stereocenters. The Labute approximate surface area is 239 Å². The second-order valence-electron chi connectivity index (χ2n) is 10.5. The van der Waals surface area contributed by atoms with Crippen molar-refractivity contribution in [1.82, 2.24) is 0 Å². The minimum absolute atomic E-state index is 0.319. The SMILES string of the molecule is NCCCCCCN.O=C(O)C1CCC(C(=O)O)CC1.O=C([O-])C1CCC(C(=O)[O-])CC1.[NH3+]CCCCCC[NH3+]. The number of nitrogens with two attached hydrogens (primary N) is 2. The van der Waals surface area contributed by atoms with E-state index in [1.807, 2.05) is 0 Å². The Morgan fingerprint density at radius 2 is 0.775 bits per heavy atom. The molecule has 2 aliphatic carbocycles. The van der Waals surface area contributed by atoms with E-state index in [0.29, 0.717) is 51.4 Å². The largest absolute Gasteiger partial charge is 0.550 e. The van der Waals surface area contributed by atoms with Crippen molar-refractivity contribution in [3.63, 3.8) is 0 Å². The molecule has 12 heteroatoms. The zero-order chi connectivity index (χ0) is 30.8. The number of unbranched alkanes of at least 4 members (excludes halogenated alkanes) is 6. The Morgan fingerprint density at radius 3 is 0.975 bits per heavy atom. The van der Waals surface area contributed by atoms with Gasteiger partial charge in [0.05, 0.1) is 24.9 Å². The third kappa shape index (κ3) is 22.5. The van der Waals surface area contributed by atoms with E-state index in [9.17, 15) is 29.4 Å². The first kappa shape index (κ1) is 39.9. The fourth-order valence-electron chi connectivity index (χ4n) is 4.50. The van der Waals surface area contributed by atoms with Gasteiger partial charge in [0, 0.05) is 11.9 Å². The lowest BCUT2D eigenvalue weighted by Crippen LogP contribution is -2.50. The highest BCUT2D eigenvalue weighted by atomic mass is 16.4. The topological polar surface area (TPSA) is 262 Å². The average molecular weight is 577 g/mol. The molecule has 0 spiro atoms. The summed E-state index contributed by atoms with van der Waals surface area (Å²) in [6.45, 7) is 3.84. The summed E-state index contributed by atoms with van der Waals surface area (Å²) in [5, 5.41) is 37.9. The minimum Gasteiger partial charge on any atom is -0.550 e. The minimum atomic E-state index is -1.06. The van der Waals surface area contributed by atoms with Gasteiger partial charge in [-0.1, -0.05) is 12.8 Å². The van der Waals surface area contributed by atoms with Crippen molar-refractivity contribution in [3.05, 3.63) is 0 Å². The van der Waals surface area contributed by atoms with E-state index in [-0.39, 0.29) is 11.8 Å². The van der Waals surface area contributed by atoms with Crippen LogP contribution in [0.2, 0.25) is 0 Å². The van der Waals surface area contributed by atoms with E-state index < -0.39 is 35.7 Å². The van der Waals surface area contributed by atoms with Crippen LogP contribution in [0.15, 0.2) is 0 Å². The van der Waals surface area contributed by atoms with Crippen LogP contribution in [0.3, 0.4) is 0 Å². The molecule has 40 heavy (non-hydrogen) atoms. The van der Waals surface area contributed by atoms with Gasteiger partial charge in [0.1, 0.15) is 0 Å². The summed E-state index contributed by atoms with van der Waals surface area (Å²) in [7, 11) is 0. The molecule has 0 saturated heterocycles. The van der Waals surface area contributed by atoms with Crippen molar-refractivity contribution >= 4 is 23.9 Å². The van der Waals surface area contributed by atoms with Gasteiger partial charge in [-0.25, -0.2) is 0 Å². The van der Waals surface area contributed by atoms with Gasteiger partial charge in [0.15, 0.2) is 0 Å². The molecule has 236 valence electrons. The Kier molecular flexibility index (Phi) is 26.8. The van der Waals surface area contributed by atoms with Crippen LogP contribution >= 0.6 is 0 Å². The lowest BCUT2D eigenvalue weighted by Gasteiger charge is -2.29. The maximum atomic E-state index is 10.5. The third-order valence-electron chi connectivity index (χ3n) is 7.23. The van der Waals surface area contributed by atoms with Crippen molar-refractivity contribution in [2.24, 2.45) is 35.1 Å². The predicted octanol–water partition coefficient (Wildman–Crippen LogP) is -1.25. The second-order valence-corrected chi connectivity index (χ2v) is 10.5. The smallest absolute Gasteiger partial charge is 0.306 e. The van der Waals surface area contributed by atoms with Crippen LogP contribution in [0.1, 0.15) is 103 Å². The number of quaternary nitrogens is 2. The number of rotatable bonds is 14. The monoisotopic (exact) mass is 576 g/mol. The second kappa shape index (κ2) is 26.9. The number of carbonyl (C=O) groups is 4. The van der Waals surface area contributed by atoms with Gasteiger partial charge in [0.25, 0.3) is 0 Å². The van der Waals surface area contributed by atoms with Gasteiger partial charge in [-0.3, -0.25) is 9.59 Å². The Morgan fingerprint density at radius 1 is 0.525 bits per heavy atom. The molecule has 2 aliphatic rings. The molecule has 0 aromatic rings. The highest BCUT2D eigenvalue weighted by Crippen LogP contribution is 2.29. The van der Waals surface area contributed by atoms with Gasteiger partial charge in [-0.15, -0.1) is 0 Å². The molecule has 0 aliphatic heterocycles. The Hall–Kier alpha value is -2.28. The third-order valence-corrected chi connectivity index (χ3v) is 7.23. The molecule has 0 heterocycles. The van der Waals surface area contributed by atoms with Crippen LogP contribution < -0.4 is 33.1 Å². The number of hydrogen-bond donors (Lipinski definition) is 6. The number of aliphatic carboxylic acids is 4. The quantitative estimate of drug-likeness (QED) is 0.134. The molecular weight excluding hydrogens is 520 g/mol. The Balaban J connectivity index is 0. The van der Waals surface area contributed by atoms with Gasteiger partial charge in [-0.2, -0.15) is 0 Å². The van der Waals surface area contributed by atoms with Gasteiger partial charge in [0.2, 0.25) is 0 Å². The van der Waals surface area contributed by atoms with Crippen LogP contribution in [-0.2, 0) is 19.2 Å². The fourth-order valence-corrected chi connectivity index (χ4v) is 4.50. The summed E-state index contributed by atoms with van der Waals surface area (Å²) in [6.07, 6.45) is 13.7. The first-order valence-corrected chi connectivity index (χ1v) is 14.9. The van der Waals surface area contributed by atoms with E-state index >= 15 is 0 Å². The van der Waals surface area contributed by atoms with Crippen molar-refractivity contribution in [1.29, 1.82) is 0 Å².